The van der Waals surface area contributed by atoms with Crippen LogP contribution < -0.4 is 0 Å². The highest BCUT2D eigenvalue weighted by Crippen LogP contribution is 2.76. The van der Waals surface area contributed by atoms with Gasteiger partial charge in [0, 0.05) is 24.2 Å². The van der Waals surface area contributed by atoms with Crippen molar-refractivity contribution in [3.05, 3.63) is 0 Å². The lowest BCUT2D eigenvalue weighted by Gasteiger charge is -2.65. The van der Waals surface area contributed by atoms with Gasteiger partial charge in [0.2, 0.25) is 0 Å². The topological polar surface area (TPSA) is 65.1 Å². The van der Waals surface area contributed by atoms with Crippen LogP contribution in [0.4, 0.5) is 0 Å². The van der Waals surface area contributed by atoms with E-state index < -0.39 is 9.84 Å². The summed E-state index contributed by atoms with van der Waals surface area (Å²) < 4.78 is 43.1. The lowest BCUT2D eigenvalue weighted by atomic mass is 9.55. The molecule has 0 amide bonds. The number of sulfone groups is 1. The molecule has 1 spiro atoms. The van der Waals surface area contributed by atoms with Gasteiger partial charge in [0.15, 0.2) is 9.84 Å². The van der Waals surface area contributed by atoms with Gasteiger partial charge in [-0.3, -0.25) is 0 Å². The number of epoxide rings is 1. The van der Waals surface area contributed by atoms with Crippen LogP contribution in [-0.4, -0.2) is 55.0 Å². The molecule has 0 aromatic heterocycles. The van der Waals surface area contributed by atoms with Gasteiger partial charge < -0.3 is 14.2 Å². The highest BCUT2D eigenvalue weighted by atomic mass is 32.2. The minimum absolute atomic E-state index is 0.000239. The summed E-state index contributed by atoms with van der Waals surface area (Å²) in [5.41, 5.74) is 0.454. The Bertz CT molecular complexity index is 708. The number of fused-ring (bicyclic) bond motifs is 3. The second-order valence-corrected chi connectivity index (χ2v) is 11.5. The molecule has 9 aliphatic rings. The molecule has 3 aliphatic carbocycles. The quantitative estimate of drug-likeness (QED) is 0.708. The molecular weight excluding hydrogens is 316 g/mol. The zero-order valence-electron chi connectivity index (χ0n) is 13.1. The molecule has 0 radical (unpaired) electrons. The van der Waals surface area contributed by atoms with Crippen molar-refractivity contribution < 1.29 is 22.6 Å². The van der Waals surface area contributed by atoms with Crippen LogP contribution in [0.1, 0.15) is 44.9 Å². The van der Waals surface area contributed by atoms with Crippen molar-refractivity contribution in [3.63, 3.8) is 0 Å². The maximum absolute atomic E-state index is 12.4. The van der Waals surface area contributed by atoms with Crippen molar-refractivity contribution >= 4 is 9.84 Å². The van der Waals surface area contributed by atoms with E-state index in [4.69, 9.17) is 14.2 Å². The van der Waals surface area contributed by atoms with Gasteiger partial charge in [-0.2, -0.15) is 0 Å². The average Bonchev–Trinajstić information content (AvgIpc) is 2.83. The van der Waals surface area contributed by atoms with Crippen LogP contribution in [-0.2, 0) is 24.0 Å². The van der Waals surface area contributed by atoms with E-state index in [0.29, 0.717) is 6.10 Å². The van der Waals surface area contributed by atoms with Crippen molar-refractivity contribution in [2.45, 2.75) is 85.8 Å². The molecule has 0 aromatic rings. The lowest BCUT2D eigenvalue weighted by molar-refractivity contribution is -0.330. The molecule has 3 saturated carbocycles. The van der Waals surface area contributed by atoms with Gasteiger partial charge in [-0.15, -0.1) is 0 Å². The van der Waals surface area contributed by atoms with E-state index in [2.05, 4.69) is 0 Å². The Labute approximate surface area is 136 Å². The summed E-state index contributed by atoms with van der Waals surface area (Å²) in [7, 11) is -2.98. The molecule has 6 heterocycles. The number of hydrogen-bond donors (Lipinski definition) is 0. The summed E-state index contributed by atoms with van der Waals surface area (Å²) in [5.74, 6) is 0.391. The molecule has 5 bridgehead atoms. The smallest absolute Gasteiger partial charge is 0.158 e. The van der Waals surface area contributed by atoms with E-state index in [1.165, 1.54) is 25.7 Å². The summed E-state index contributed by atoms with van der Waals surface area (Å²) in [6.07, 6.45) is 8.46. The zero-order chi connectivity index (χ0) is 15.2. The lowest BCUT2D eigenvalue weighted by Crippen LogP contribution is -2.70. The number of ether oxygens (including phenoxy) is 3. The van der Waals surface area contributed by atoms with Crippen molar-refractivity contribution in [1.29, 1.82) is 0 Å². The molecule has 6 saturated heterocycles. The van der Waals surface area contributed by atoms with Gasteiger partial charge in [0.1, 0.15) is 6.10 Å². The van der Waals surface area contributed by atoms with Gasteiger partial charge in [0.05, 0.1) is 40.5 Å². The summed E-state index contributed by atoms with van der Waals surface area (Å²) in [6, 6.07) is 0. The Morgan fingerprint density at radius 1 is 1.00 bits per heavy atom. The van der Waals surface area contributed by atoms with Crippen LogP contribution in [0.25, 0.3) is 0 Å². The Kier molecular flexibility index (Phi) is 1.93. The Hall–Kier alpha value is -0.170. The largest absolute Gasteiger partial charge is 0.371 e. The summed E-state index contributed by atoms with van der Waals surface area (Å²) in [5, 5.41) is -0.295. The van der Waals surface area contributed by atoms with E-state index in [9.17, 15) is 8.42 Å². The third-order valence-electron chi connectivity index (χ3n) is 8.58. The van der Waals surface area contributed by atoms with Crippen LogP contribution in [0.2, 0.25) is 0 Å². The van der Waals surface area contributed by atoms with E-state index >= 15 is 0 Å². The molecule has 0 aromatic carbocycles. The maximum Gasteiger partial charge on any atom is 0.158 e. The summed E-state index contributed by atoms with van der Waals surface area (Å²) >= 11 is 0. The third kappa shape index (κ3) is 1.25. The minimum Gasteiger partial charge on any atom is -0.371 e. The first-order chi connectivity index (χ1) is 11.0. The molecular formula is C17H22O5S. The Balaban J connectivity index is 1.19. The van der Waals surface area contributed by atoms with Crippen molar-refractivity contribution in [1.82, 2.24) is 0 Å². The summed E-state index contributed by atoms with van der Waals surface area (Å²) in [4.78, 5) is 0. The van der Waals surface area contributed by atoms with E-state index in [-0.39, 0.29) is 51.8 Å². The first-order valence-electron chi connectivity index (χ1n) is 9.19. The molecule has 126 valence electrons. The van der Waals surface area contributed by atoms with Crippen molar-refractivity contribution in [2.24, 2.45) is 11.3 Å². The SMILES string of the molecule is O=S1(=O)CC2OC2C1C1CCC2(C34CCC5(CC3O5)C4)CC1O2. The number of hydrogen-bond acceptors (Lipinski definition) is 5. The van der Waals surface area contributed by atoms with Gasteiger partial charge in [0.25, 0.3) is 0 Å². The fourth-order valence-electron chi connectivity index (χ4n) is 7.54. The highest BCUT2D eigenvalue weighted by Gasteiger charge is 2.80. The first kappa shape index (κ1) is 13.1. The van der Waals surface area contributed by atoms with Gasteiger partial charge >= 0.3 is 0 Å². The van der Waals surface area contributed by atoms with Crippen molar-refractivity contribution in [2.75, 3.05) is 5.75 Å². The fourth-order valence-corrected chi connectivity index (χ4v) is 9.98. The molecule has 9 atom stereocenters. The third-order valence-corrected chi connectivity index (χ3v) is 10.8. The molecule has 6 heteroatoms. The molecule has 9 unspecified atom stereocenters. The standard InChI is InChI=1S/C17H22O5S/c18-23(19)7-11-13(20-11)14(23)9-1-2-17(5-10(9)21-17)16-4-3-15(8-16)6-12(16)22-15/h9-14H,1-8H2. The van der Waals surface area contributed by atoms with Gasteiger partial charge in [-0.05, 0) is 32.1 Å². The molecule has 9 fully saturated rings. The monoisotopic (exact) mass is 338 g/mol. The van der Waals surface area contributed by atoms with Crippen LogP contribution in [0.3, 0.4) is 0 Å². The maximum atomic E-state index is 12.4. The Morgan fingerprint density at radius 3 is 2.30 bits per heavy atom. The van der Waals surface area contributed by atoms with Crippen LogP contribution >= 0.6 is 0 Å². The predicted octanol–water partition coefficient (Wildman–Crippen LogP) is 1.20. The molecule has 6 aliphatic heterocycles. The highest BCUT2D eigenvalue weighted by molar-refractivity contribution is 7.92. The fraction of sp³-hybridized carbons (Fsp3) is 1.00. The normalized spacial score (nSPS) is 69.0. The molecule has 5 nitrogen and oxygen atoms in total. The summed E-state index contributed by atoms with van der Waals surface area (Å²) in [6.45, 7) is 0. The average molecular weight is 338 g/mol. The van der Waals surface area contributed by atoms with E-state index in [1.807, 2.05) is 0 Å². The Morgan fingerprint density at radius 2 is 1.83 bits per heavy atom. The zero-order valence-corrected chi connectivity index (χ0v) is 13.9. The van der Waals surface area contributed by atoms with Crippen LogP contribution in [0, 0.1) is 11.3 Å². The molecule has 9 rings (SSSR count). The molecule has 0 N–H and O–H groups in total. The van der Waals surface area contributed by atoms with Gasteiger partial charge in [-0.1, -0.05) is 0 Å². The van der Waals surface area contributed by atoms with Crippen LogP contribution in [0.5, 0.6) is 0 Å². The van der Waals surface area contributed by atoms with Crippen LogP contribution in [0.15, 0.2) is 0 Å². The van der Waals surface area contributed by atoms with Gasteiger partial charge in [-0.25, -0.2) is 8.42 Å². The minimum atomic E-state index is -2.98. The second kappa shape index (κ2) is 3.39. The molecule has 23 heavy (non-hydrogen) atoms. The number of rotatable bonds is 2. The second-order valence-electron chi connectivity index (χ2n) is 9.32. The first-order valence-corrected chi connectivity index (χ1v) is 10.9. The van der Waals surface area contributed by atoms with Crippen molar-refractivity contribution in [3.8, 4) is 0 Å². The predicted molar refractivity (Wildman–Crippen MR) is 79.7 cm³/mol. The van der Waals surface area contributed by atoms with E-state index in [0.717, 1.165) is 19.3 Å². The van der Waals surface area contributed by atoms with E-state index in [1.54, 1.807) is 0 Å².